The molecule has 1 atom stereocenters. The Morgan fingerprint density at radius 3 is 2.11 bits per heavy atom. The SMILES string of the molecule is CC(C)CC[C@@H](NC(=O)OC(C)(C)C)OS(C)(=O)=O. The third kappa shape index (κ3) is 12.0. The first kappa shape index (κ1) is 18.2. The molecule has 0 bridgehead atoms. The van der Waals surface area contributed by atoms with Gasteiger partial charge < -0.3 is 4.74 Å². The van der Waals surface area contributed by atoms with E-state index in [1.807, 2.05) is 13.8 Å². The van der Waals surface area contributed by atoms with Crippen LogP contribution in [-0.2, 0) is 19.0 Å². The number of ether oxygens (including phenoxy) is 1. The third-order valence-electron chi connectivity index (χ3n) is 1.97. The average molecular weight is 295 g/mol. The second-order valence-corrected chi connectivity index (χ2v) is 7.51. The summed E-state index contributed by atoms with van der Waals surface area (Å²) in [6, 6.07) is 0. The fourth-order valence-electron chi connectivity index (χ4n) is 1.28. The lowest BCUT2D eigenvalue weighted by atomic mass is 10.1. The van der Waals surface area contributed by atoms with Crippen molar-refractivity contribution in [2.45, 2.75) is 59.3 Å². The van der Waals surface area contributed by atoms with E-state index < -0.39 is 28.0 Å². The van der Waals surface area contributed by atoms with Crippen molar-refractivity contribution >= 4 is 16.2 Å². The van der Waals surface area contributed by atoms with Gasteiger partial charge in [-0.15, -0.1) is 0 Å². The van der Waals surface area contributed by atoms with Gasteiger partial charge in [0.1, 0.15) is 5.60 Å². The van der Waals surface area contributed by atoms with Gasteiger partial charge in [-0.3, -0.25) is 5.32 Å². The number of nitrogens with one attached hydrogen (secondary N) is 1. The summed E-state index contributed by atoms with van der Waals surface area (Å²) in [5.74, 6) is 0.381. The van der Waals surface area contributed by atoms with Crippen molar-refractivity contribution < 1.29 is 22.1 Å². The number of amides is 1. The number of hydrogen-bond acceptors (Lipinski definition) is 5. The number of carbonyl (C=O) groups excluding carboxylic acids is 1. The maximum absolute atomic E-state index is 11.6. The summed E-state index contributed by atoms with van der Waals surface area (Å²) < 4.78 is 32.2. The molecule has 1 amide bonds. The lowest BCUT2D eigenvalue weighted by molar-refractivity contribution is 0.0388. The van der Waals surface area contributed by atoms with Gasteiger partial charge in [0.15, 0.2) is 6.23 Å². The Morgan fingerprint density at radius 2 is 1.74 bits per heavy atom. The van der Waals surface area contributed by atoms with Crippen LogP contribution in [0.4, 0.5) is 4.79 Å². The zero-order valence-electron chi connectivity index (χ0n) is 12.5. The van der Waals surface area contributed by atoms with Crippen LogP contribution < -0.4 is 5.32 Å². The van der Waals surface area contributed by atoms with E-state index in [0.717, 1.165) is 12.7 Å². The lowest BCUT2D eigenvalue weighted by Crippen LogP contribution is -2.41. The van der Waals surface area contributed by atoms with Gasteiger partial charge in [0, 0.05) is 0 Å². The number of rotatable bonds is 6. The predicted octanol–water partition coefficient (Wildman–Crippen LogP) is 2.25. The lowest BCUT2D eigenvalue weighted by Gasteiger charge is -2.23. The van der Waals surface area contributed by atoms with Gasteiger partial charge in [-0.25, -0.2) is 8.98 Å². The molecule has 1 N–H and O–H groups in total. The highest BCUT2D eigenvalue weighted by Crippen LogP contribution is 2.12. The third-order valence-corrected chi connectivity index (χ3v) is 2.56. The molecule has 0 radical (unpaired) electrons. The molecule has 0 saturated carbocycles. The van der Waals surface area contributed by atoms with Crippen LogP contribution in [0.1, 0.15) is 47.5 Å². The zero-order chi connectivity index (χ0) is 15.3. The Bertz CT molecular complexity index is 383. The van der Waals surface area contributed by atoms with Crippen molar-refractivity contribution in [3.63, 3.8) is 0 Å². The van der Waals surface area contributed by atoms with Crippen molar-refractivity contribution in [1.29, 1.82) is 0 Å². The summed E-state index contributed by atoms with van der Waals surface area (Å²) in [4.78, 5) is 11.6. The van der Waals surface area contributed by atoms with Crippen LogP contribution in [0.15, 0.2) is 0 Å². The smallest absolute Gasteiger partial charge is 0.409 e. The van der Waals surface area contributed by atoms with E-state index in [0.29, 0.717) is 12.3 Å². The minimum absolute atomic E-state index is 0.381. The normalized spacial score (nSPS) is 14.3. The van der Waals surface area contributed by atoms with Crippen molar-refractivity contribution in [3.05, 3.63) is 0 Å². The highest BCUT2D eigenvalue weighted by molar-refractivity contribution is 7.86. The van der Waals surface area contributed by atoms with E-state index in [4.69, 9.17) is 8.92 Å². The number of carbonyl (C=O) groups is 1. The summed E-state index contributed by atoms with van der Waals surface area (Å²) in [5, 5.41) is 2.42. The predicted molar refractivity (Wildman–Crippen MR) is 73.2 cm³/mol. The van der Waals surface area contributed by atoms with Gasteiger partial charge in [0.05, 0.1) is 6.26 Å². The van der Waals surface area contributed by atoms with Crippen LogP contribution in [0.5, 0.6) is 0 Å². The minimum Gasteiger partial charge on any atom is -0.444 e. The van der Waals surface area contributed by atoms with Gasteiger partial charge in [0.25, 0.3) is 10.1 Å². The molecule has 6 nitrogen and oxygen atoms in total. The van der Waals surface area contributed by atoms with Gasteiger partial charge >= 0.3 is 6.09 Å². The molecule has 0 fully saturated rings. The fourth-order valence-corrected chi connectivity index (χ4v) is 1.85. The van der Waals surface area contributed by atoms with E-state index in [1.165, 1.54) is 0 Å². The fraction of sp³-hybridized carbons (Fsp3) is 0.917. The van der Waals surface area contributed by atoms with E-state index in [9.17, 15) is 13.2 Å². The average Bonchev–Trinajstić information content (AvgIpc) is 2.08. The monoisotopic (exact) mass is 295 g/mol. The van der Waals surface area contributed by atoms with Crippen LogP contribution in [0, 0.1) is 5.92 Å². The molecule has 0 saturated heterocycles. The number of hydrogen-bond donors (Lipinski definition) is 1. The first-order valence-corrected chi connectivity index (χ1v) is 8.08. The van der Waals surface area contributed by atoms with Gasteiger partial charge in [0.2, 0.25) is 0 Å². The van der Waals surface area contributed by atoms with Gasteiger partial charge in [-0.05, 0) is 39.5 Å². The molecule has 0 aromatic carbocycles. The summed E-state index contributed by atoms with van der Waals surface area (Å²) in [6.07, 6.45) is 0.503. The standard InChI is InChI=1S/C12H25NO5S/c1-9(2)7-8-10(18-19(6,15)16)13-11(14)17-12(3,4)5/h9-10H,7-8H2,1-6H3,(H,13,14)/t10-/m0/s1. The molecule has 0 aromatic rings. The first-order valence-electron chi connectivity index (χ1n) is 6.27. The maximum Gasteiger partial charge on any atom is 0.409 e. The van der Waals surface area contributed by atoms with Crippen molar-refractivity contribution in [2.24, 2.45) is 5.92 Å². The zero-order valence-corrected chi connectivity index (χ0v) is 13.3. The van der Waals surface area contributed by atoms with E-state index >= 15 is 0 Å². The van der Waals surface area contributed by atoms with Crippen molar-refractivity contribution in [2.75, 3.05) is 6.26 Å². The molecule has 0 heterocycles. The highest BCUT2D eigenvalue weighted by Gasteiger charge is 2.22. The number of alkyl carbamates (subject to hydrolysis) is 1. The Labute approximate surface area is 116 Å². The van der Waals surface area contributed by atoms with Crippen molar-refractivity contribution in [1.82, 2.24) is 5.32 Å². The Balaban J connectivity index is 4.53. The topological polar surface area (TPSA) is 81.7 Å². The van der Waals surface area contributed by atoms with Gasteiger partial charge in [-0.2, -0.15) is 8.42 Å². The van der Waals surface area contributed by atoms with Crippen LogP contribution in [0.25, 0.3) is 0 Å². The Morgan fingerprint density at radius 1 is 1.21 bits per heavy atom. The van der Waals surface area contributed by atoms with Crippen molar-refractivity contribution in [3.8, 4) is 0 Å². The van der Waals surface area contributed by atoms with Gasteiger partial charge in [-0.1, -0.05) is 13.8 Å². The molecule has 7 heteroatoms. The highest BCUT2D eigenvalue weighted by atomic mass is 32.2. The van der Waals surface area contributed by atoms with E-state index in [1.54, 1.807) is 20.8 Å². The molecule has 0 aliphatic rings. The summed E-state index contributed by atoms with van der Waals surface area (Å²) in [6.45, 7) is 9.20. The molecule has 0 aliphatic carbocycles. The molecule has 0 rings (SSSR count). The quantitative estimate of drug-likeness (QED) is 0.600. The van der Waals surface area contributed by atoms with Crippen LogP contribution in [0.3, 0.4) is 0 Å². The summed E-state index contributed by atoms with van der Waals surface area (Å²) in [5.41, 5.74) is -0.641. The molecule has 0 unspecified atom stereocenters. The van der Waals surface area contributed by atoms with E-state index in [2.05, 4.69) is 5.32 Å². The first-order chi connectivity index (χ1) is 8.39. The van der Waals surface area contributed by atoms with Crippen LogP contribution >= 0.6 is 0 Å². The minimum atomic E-state index is -3.63. The molecule has 114 valence electrons. The van der Waals surface area contributed by atoms with Crippen LogP contribution in [0.2, 0.25) is 0 Å². The maximum atomic E-state index is 11.6. The molecular weight excluding hydrogens is 270 g/mol. The second kappa shape index (κ2) is 7.09. The molecular formula is C12H25NO5S. The van der Waals surface area contributed by atoms with Crippen LogP contribution in [-0.4, -0.2) is 32.6 Å². The summed E-state index contributed by atoms with van der Waals surface area (Å²) in [7, 11) is -3.63. The Kier molecular flexibility index (Phi) is 6.79. The second-order valence-electron chi connectivity index (χ2n) is 5.91. The van der Waals surface area contributed by atoms with E-state index in [-0.39, 0.29) is 0 Å². The molecule has 19 heavy (non-hydrogen) atoms. The Hall–Kier alpha value is -0.820. The largest absolute Gasteiger partial charge is 0.444 e. The molecule has 0 aliphatic heterocycles. The molecule has 0 aromatic heterocycles. The molecule has 0 spiro atoms. The summed E-state index contributed by atoms with van der Waals surface area (Å²) >= 11 is 0.